The van der Waals surface area contributed by atoms with E-state index in [2.05, 4.69) is 17.3 Å². The molecule has 0 heterocycles. The van der Waals surface area contributed by atoms with Crippen LogP contribution in [0.25, 0.3) is 0 Å². The Labute approximate surface area is 91.6 Å². The maximum atomic E-state index is 5.19. The SMILES string of the molecule is C#CCCCNc1ccc(OC)c(C)c1. The highest BCUT2D eigenvalue weighted by Gasteiger charge is 1.98. The number of rotatable bonds is 5. The molecule has 0 aliphatic rings. The highest BCUT2D eigenvalue weighted by molar-refractivity contribution is 5.50. The van der Waals surface area contributed by atoms with Crippen molar-refractivity contribution in [2.24, 2.45) is 0 Å². The molecule has 0 bridgehead atoms. The average Bonchev–Trinajstić information content (AvgIpc) is 2.25. The third-order valence-corrected chi connectivity index (χ3v) is 2.22. The lowest BCUT2D eigenvalue weighted by Crippen LogP contribution is -2.01. The predicted octanol–water partition coefficient (Wildman–Crippen LogP) is 2.83. The van der Waals surface area contributed by atoms with Crippen LogP contribution >= 0.6 is 0 Å². The van der Waals surface area contributed by atoms with Crippen LogP contribution in [0, 0.1) is 19.3 Å². The van der Waals surface area contributed by atoms with Gasteiger partial charge in [0.25, 0.3) is 0 Å². The molecule has 0 spiro atoms. The van der Waals surface area contributed by atoms with Gasteiger partial charge in [-0.2, -0.15) is 0 Å². The Hall–Kier alpha value is -1.62. The molecule has 2 heteroatoms. The van der Waals surface area contributed by atoms with E-state index >= 15 is 0 Å². The van der Waals surface area contributed by atoms with Gasteiger partial charge in [-0.05, 0) is 37.1 Å². The van der Waals surface area contributed by atoms with Crippen LogP contribution in [0.2, 0.25) is 0 Å². The number of terminal acetylenes is 1. The first-order valence-corrected chi connectivity index (χ1v) is 5.10. The topological polar surface area (TPSA) is 21.3 Å². The van der Waals surface area contributed by atoms with E-state index in [1.54, 1.807) is 7.11 Å². The highest BCUT2D eigenvalue weighted by Crippen LogP contribution is 2.21. The summed E-state index contributed by atoms with van der Waals surface area (Å²) in [7, 11) is 1.68. The Bertz CT molecular complexity index is 352. The maximum Gasteiger partial charge on any atom is 0.121 e. The fraction of sp³-hybridized carbons (Fsp3) is 0.385. The van der Waals surface area contributed by atoms with Gasteiger partial charge in [0.2, 0.25) is 0 Å². The second-order valence-corrected chi connectivity index (χ2v) is 3.42. The Morgan fingerprint density at radius 2 is 2.27 bits per heavy atom. The molecule has 0 atom stereocenters. The van der Waals surface area contributed by atoms with Gasteiger partial charge in [0, 0.05) is 18.7 Å². The number of anilines is 1. The molecule has 0 aliphatic heterocycles. The van der Waals surface area contributed by atoms with E-state index in [4.69, 9.17) is 11.2 Å². The summed E-state index contributed by atoms with van der Waals surface area (Å²) in [6.07, 6.45) is 7.00. The van der Waals surface area contributed by atoms with Gasteiger partial charge in [-0.1, -0.05) is 0 Å². The molecular formula is C13H17NO. The fourth-order valence-corrected chi connectivity index (χ4v) is 1.41. The first-order valence-electron chi connectivity index (χ1n) is 5.10. The third-order valence-electron chi connectivity index (χ3n) is 2.22. The first-order chi connectivity index (χ1) is 7.27. The van der Waals surface area contributed by atoms with E-state index in [1.165, 1.54) is 0 Å². The lowest BCUT2D eigenvalue weighted by molar-refractivity contribution is 0.412. The van der Waals surface area contributed by atoms with Gasteiger partial charge in [-0.15, -0.1) is 12.3 Å². The summed E-state index contributed by atoms with van der Waals surface area (Å²) in [5.74, 6) is 3.54. The van der Waals surface area contributed by atoms with Crippen molar-refractivity contribution in [2.45, 2.75) is 19.8 Å². The molecule has 1 N–H and O–H groups in total. The minimum Gasteiger partial charge on any atom is -0.496 e. The van der Waals surface area contributed by atoms with Crippen LogP contribution < -0.4 is 10.1 Å². The van der Waals surface area contributed by atoms with Crippen LogP contribution in [0.4, 0.5) is 5.69 Å². The lowest BCUT2D eigenvalue weighted by Gasteiger charge is -2.09. The summed E-state index contributed by atoms with van der Waals surface area (Å²) in [5.41, 5.74) is 2.25. The molecule has 80 valence electrons. The van der Waals surface area contributed by atoms with E-state index in [0.29, 0.717) is 0 Å². The van der Waals surface area contributed by atoms with Crippen molar-refractivity contribution in [2.75, 3.05) is 19.0 Å². The van der Waals surface area contributed by atoms with Gasteiger partial charge >= 0.3 is 0 Å². The number of hydrogen-bond donors (Lipinski definition) is 1. The number of hydrogen-bond acceptors (Lipinski definition) is 2. The Balaban J connectivity index is 2.49. The molecule has 1 aromatic carbocycles. The Morgan fingerprint density at radius 3 is 2.87 bits per heavy atom. The number of ether oxygens (including phenoxy) is 1. The van der Waals surface area contributed by atoms with E-state index in [1.807, 2.05) is 19.1 Å². The number of nitrogens with one attached hydrogen (secondary N) is 1. The first kappa shape index (κ1) is 11.5. The number of unbranched alkanes of at least 4 members (excludes halogenated alkanes) is 1. The number of methoxy groups -OCH3 is 1. The molecule has 1 aromatic rings. The lowest BCUT2D eigenvalue weighted by atomic mass is 10.2. The van der Waals surface area contributed by atoms with Crippen molar-refractivity contribution in [3.8, 4) is 18.1 Å². The fourth-order valence-electron chi connectivity index (χ4n) is 1.41. The zero-order chi connectivity index (χ0) is 11.1. The van der Waals surface area contributed by atoms with Crippen molar-refractivity contribution in [1.29, 1.82) is 0 Å². The smallest absolute Gasteiger partial charge is 0.121 e. The molecule has 0 fully saturated rings. The van der Waals surface area contributed by atoms with Gasteiger partial charge in [0.1, 0.15) is 5.75 Å². The van der Waals surface area contributed by atoms with Crippen LogP contribution in [-0.4, -0.2) is 13.7 Å². The summed E-state index contributed by atoms with van der Waals surface area (Å²) in [4.78, 5) is 0. The summed E-state index contributed by atoms with van der Waals surface area (Å²) < 4.78 is 5.19. The summed E-state index contributed by atoms with van der Waals surface area (Å²) in [6, 6.07) is 6.06. The zero-order valence-corrected chi connectivity index (χ0v) is 9.34. The molecule has 0 saturated carbocycles. The van der Waals surface area contributed by atoms with Gasteiger partial charge in [0.15, 0.2) is 0 Å². The molecule has 0 unspecified atom stereocenters. The molecular weight excluding hydrogens is 186 g/mol. The standard InChI is InChI=1S/C13H17NO/c1-4-5-6-9-14-12-7-8-13(15-3)11(2)10-12/h1,7-8,10,14H,5-6,9H2,2-3H3. The number of benzene rings is 1. The quantitative estimate of drug-likeness (QED) is 0.587. The van der Waals surface area contributed by atoms with Gasteiger partial charge in [0.05, 0.1) is 7.11 Å². The van der Waals surface area contributed by atoms with Crippen LogP contribution in [-0.2, 0) is 0 Å². The van der Waals surface area contributed by atoms with E-state index in [9.17, 15) is 0 Å². The molecule has 0 aromatic heterocycles. The highest BCUT2D eigenvalue weighted by atomic mass is 16.5. The minimum absolute atomic E-state index is 0.822. The normalized spacial score (nSPS) is 9.40. The number of aryl methyl sites for hydroxylation is 1. The monoisotopic (exact) mass is 203 g/mol. The Morgan fingerprint density at radius 1 is 1.47 bits per heavy atom. The van der Waals surface area contributed by atoms with Gasteiger partial charge < -0.3 is 10.1 Å². The van der Waals surface area contributed by atoms with Crippen molar-refractivity contribution in [3.05, 3.63) is 23.8 Å². The van der Waals surface area contributed by atoms with Crippen LogP contribution in [0.15, 0.2) is 18.2 Å². The summed E-state index contributed by atoms with van der Waals surface area (Å²) in [6.45, 7) is 2.95. The van der Waals surface area contributed by atoms with E-state index in [0.717, 1.165) is 36.4 Å². The third kappa shape index (κ3) is 3.55. The summed E-state index contributed by atoms with van der Waals surface area (Å²) >= 11 is 0. The van der Waals surface area contributed by atoms with Gasteiger partial charge in [-0.3, -0.25) is 0 Å². The summed E-state index contributed by atoms with van der Waals surface area (Å²) in [5, 5.41) is 3.32. The second-order valence-electron chi connectivity index (χ2n) is 3.42. The van der Waals surface area contributed by atoms with Crippen molar-refractivity contribution in [1.82, 2.24) is 0 Å². The largest absolute Gasteiger partial charge is 0.496 e. The maximum absolute atomic E-state index is 5.19. The van der Waals surface area contributed by atoms with Crippen molar-refractivity contribution < 1.29 is 4.74 Å². The van der Waals surface area contributed by atoms with Crippen LogP contribution in [0.5, 0.6) is 5.75 Å². The van der Waals surface area contributed by atoms with E-state index in [-0.39, 0.29) is 0 Å². The van der Waals surface area contributed by atoms with Crippen molar-refractivity contribution >= 4 is 5.69 Å². The van der Waals surface area contributed by atoms with Crippen molar-refractivity contribution in [3.63, 3.8) is 0 Å². The van der Waals surface area contributed by atoms with Crippen LogP contribution in [0.1, 0.15) is 18.4 Å². The molecule has 0 aliphatic carbocycles. The molecule has 1 rings (SSSR count). The Kier molecular flexibility index (Phi) is 4.56. The zero-order valence-electron chi connectivity index (χ0n) is 9.34. The molecule has 2 nitrogen and oxygen atoms in total. The second kappa shape index (κ2) is 5.98. The molecule has 0 radical (unpaired) electrons. The molecule has 15 heavy (non-hydrogen) atoms. The van der Waals surface area contributed by atoms with E-state index < -0.39 is 0 Å². The average molecular weight is 203 g/mol. The minimum atomic E-state index is 0.822. The molecule has 0 saturated heterocycles. The van der Waals surface area contributed by atoms with Gasteiger partial charge in [-0.25, -0.2) is 0 Å². The van der Waals surface area contributed by atoms with Crippen LogP contribution in [0.3, 0.4) is 0 Å². The molecule has 0 amide bonds. The predicted molar refractivity (Wildman–Crippen MR) is 64.3 cm³/mol.